The average molecular weight is 320 g/mol. The van der Waals surface area contributed by atoms with Gasteiger partial charge in [0.25, 0.3) is 0 Å². The van der Waals surface area contributed by atoms with E-state index in [2.05, 4.69) is 6.58 Å². The van der Waals surface area contributed by atoms with Gasteiger partial charge in [0, 0.05) is 5.56 Å². The van der Waals surface area contributed by atoms with Crippen molar-refractivity contribution in [3.63, 3.8) is 0 Å². The molecule has 0 aromatic heterocycles. The SMILES string of the molecule is C=c1ccc(=C2C=CC(/C=C/c3c(F)cc(C)cc3F)=CC2)cc1. The van der Waals surface area contributed by atoms with Crippen LogP contribution in [0.3, 0.4) is 0 Å². The largest absolute Gasteiger partial charge is 0.206 e. The van der Waals surface area contributed by atoms with E-state index in [1.165, 1.54) is 23.8 Å². The highest BCUT2D eigenvalue weighted by molar-refractivity contribution is 5.65. The Labute approximate surface area is 140 Å². The summed E-state index contributed by atoms with van der Waals surface area (Å²) in [5.74, 6) is -1.07. The number of allylic oxidation sites excluding steroid dienone is 5. The number of rotatable bonds is 2. The van der Waals surface area contributed by atoms with Gasteiger partial charge in [-0.2, -0.15) is 0 Å². The Hall–Kier alpha value is -2.74. The van der Waals surface area contributed by atoms with Gasteiger partial charge < -0.3 is 0 Å². The maximum atomic E-state index is 13.8. The van der Waals surface area contributed by atoms with E-state index in [-0.39, 0.29) is 5.56 Å². The summed E-state index contributed by atoms with van der Waals surface area (Å²) in [5, 5.41) is 2.15. The molecule has 0 bridgehead atoms. The van der Waals surface area contributed by atoms with Crippen molar-refractivity contribution in [3.05, 3.63) is 99.5 Å². The van der Waals surface area contributed by atoms with Crippen molar-refractivity contribution in [3.8, 4) is 0 Å². The van der Waals surface area contributed by atoms with Crippen LogP contribution in [0.5, 0.6) is 0 Å². The van der Waals surface area contributed by atoms with Gasteiger partial charge in [-0.3, -0.25) is 0 Å². The molecule has 0 saturated carbocycles. The first kappa shape index (κ1) is 16.1. The smallest absolute Gasteiger partial charge is 0.133 e. The number of hydrogen-bond donors (Lipinski definition) is 0. The minimum Gasteiger partial charge on any atom is -0.206 e. The molecule has 0 amide bonds. The number of benzene rings is 2. The van der Waals surface area contributed by atoms with Crippen LogP contribution < -0.4 is 10.4 Å². The Balaban J connectivity index is 1.82. The predicted molar refractivity (Wildman–Crippen MR) is 96.6 cm³/mol. The summed E-state index contributed by atoms with van der Waals surface area (Å²) >= 11 is 0. The average Bonchev–Trinajstić information content (AvgIpc) is 2.55. The zero-order valence-electron chi connectivity index (χ0n) is 13.5. The lowest BCUT2D eigenvalue weighted by Crippen LogP contribution is -2.09. The monoisotopic (exact) mass is 320 g/mol. The van der Waals surface area contributed by atoms with Crippen LogP contribution in [-0.4, -0.2) is 0 Å². The van der Waals surface area contributed by atoms with Gasteiger partial charge in [-0.15, -0.1) is 0 Å². The highest BCUT2D eigenvalue weighted by Gasteiger charge is 2.07. The molecule has 0 unspecified atom stereocenters. The third kappa shape index (κ3) is 3.60. The molecule has 3 rings (SSSR count). The fraction of sp³-hybridized carbons (Fsp3) is 0.0909. The third-order valence-corrected chi connectivity index (χ3v) is 4.03. The zero-order chi connectivity index (χ0) is 17.1. The second-order valence-corrected chi connectivity index (χ2v) is 5.94. The molecule has 2 heteroatoms. The summed E-state index contributed by atoms with van der Waals surface area (Å²) in [4.78, 5) is 0. The maximum absolute atomic E-state index is 13.8. The van der Waals surface area contributed by atoms with E-state index in [1.54, 1.807) is 13.0 Å². The molecule has 1 aliphatic carbocycles. The highest BCUT2D eigenvalue weighted by atomic mass is 19.1. The van der Waals surface area contributed by atoms with Crippen LogP contribution in [0.4, 0.5) is 8.78 Å². The van der Waals surface area contributed by atoms with Crippen molar-refractivity contribution in [2.24, 2.45) is 0 Å². The Bertz CT molecular complexity index is 929. The van der Waals surface area contributed by atoms with Crippen molar-refractivity contribution >= 4 is 18.2 Å². The van der Waals surface area contributed by atoms with Crippen LogP contribution >= 0.6 is 0 Å². The first-order valence-corrected chi connectivity index (χ1v) is 7.83. The molecule has 0 fully saturated rings. The molecule has 0 heterocycles. The Morgan fingerprint density at radius 3 is 2.21 bits per heavy atom. The lowest BCUT2D eigenvalue weighted by molar-refractivity contribution is 0.577. The molecule has 0 radical (unpaired) electrons. The van der Waals surface area contributed by atoms with E-state index in [1.807, 2.05) is 42.5 Å². The first-order chi connectivity index (χ1) is 11.5. The quantitative estimate of drug-likeness (QED) is 0.768. The Morgan fingerprint density at radius 1 is 0.958 bits per heavy atom. The van der Waals surface area contributed by atoms with E-state index in [0.717, 1.165) is 22.4 Å². The molecule has 120 valence electrons. The summed E-state index contributed by atoms with van der Waals surface area (Å²) in [6.07, 6.45) is 10.1. The molecule has 1 aliphatic rings. The van der Waals surface area contributed by atoms with Gasteiger partial charge in [-0.05, 0) is 58.7 Å². The molecule has 0 atom stereocenters. The third-order valence-electron chi connectivity index (χ3n) is 4.03. The van der Waals surface area contributed by atoms with Crippen molar-refractivity contribution in [2.45, 2.75) is 13.3 Å². The van der Waals surface area contributed by atoms with Crippen LogP contribution in [0.2, 0.25) is 0 Å². The van der Waals surface area contributed by atoms with Gasteiger partial charge in [-0.1, -0.05) is 55.1 Å². The number of halogens is 2. The van der Waals surface area contributed by atoms with Crippen LogP contribution in [0.1, 0.15) is 17.5 Å². The lowest BCUT2D eigenvalue weighted by atomic mass is 9.99. The Kier molecular flexibility index (Phi) is 4.57. The van der Waals surface area contributed by atoms with Crippen LogP contribution in [0.15, 0.2) is 66.3 Å². The highest BCUT2D eigenvalue weighted by Crippen LogP contribution is 2.20. The summed E-state index contributed by atoms with van der Waals surface area (Å²) in [6, 6.07) is 10.7. The van der Waals surface area contributed by atoms with Crippen LogP contribution in [-0.2, 0) is 0 Å². The molecule has 0 saturated heterocycles. The van der Waals surface area contributed by atoms with Gasteiger partial charge in [0.1, 0.15) is 11.6 Å². The maximum Gasteiger partial charge on any atom is 0.133 e. The second kappa shape index (κ2) is 6.79. The van der Waals surface area contributed by atoms with Gasteiger partial charge in [0.15, 0.2) is 0 Å². The van der Waals surface area contributed by atoms with E-state index in [4.69, 9.17) is 0 Å². The number of hydrogen-bond acceptors (Lipinski definition) is 0. The minimum atomic E-state index is -0.537. The summed E-state index contributed by atoms with van der Waals surface area (Å²) in [5.41, 5.74) is 2.72. The summed E-state index contributed by atoms with van der Waals surface area (Å²) in [6.45, 7) is 5.55. The molecule has 0 aliphatic heterocycles. The van der Waals surface area contributed by atoms with E-state index in [0.29, 0.717) is 5.56 Å². The molecule has 0 N–H and O–H groups in total. The van der Waals surface area contributed by atoms with Gasteiger partial charge in [0.05, 0.1) is 0 Å². The van der Waals surface area contributed by atoms with Crippen molar-refractivity contribution in [2.75, 3.05) is 0 Å². The summed E-state index contributed by atoms with van der Waals surface area (Å²) < 4.78 is 27.7. The lowest BCUT2D eigenvalue weighted by Gasteiger charge is -2.07. The van der Waals surface area contributed by atoms with E-state index < -0.39 is 11.6 Å². The standard InChI is InChI=1S/C22H18F2/c1-15-3-8-18(9-4-15)19-10-5-17(6-11-19)7-12-20-21(23)13-16(2)14-22(20)24/h3-10,12-14H,1,11H2,2H3/b12-7+. The van der Waals surface area contributed by atoms with Crippen molar-refractivity contribution in [1.82, 2.24) is 0 Å². The zero-order valence-corrected chi connectivity index (χ0v) is 13.5. The molecular weight excluding hydrogens is 302 g/mol. The summed E-state index contributed by atoms with van der Waals surface area (Å²) in [7, 11) is 0. The molecule has 0 nitrogen and oxygen atoms in total. The topological polar surface area (TPSA) is 0 Å². The molecule has 2 aromatic carbocycles. The van der Waals surface area contributed by atoms with E-state index >= 15 is 0 Å². The molecular formula is C22H18F2. The minimum absolute atomic E-state index is 0.00397. The first-order valence-electron chi connectivity index (χ1n) is 7.83. The fourth-order valence-corrected chi connectivity index (χ4v) is 2.67. The van der Waals surface area contributed by atoms with E-state index in [9.17, 15) is 8.78 Å². The molecule has 24 heavy (non-hydrogen) atoms. The van der Waals surface area contributed by atoms with Crippen molar-refractivity contribution in [1.29, 1.82) is 0 Å². The predicted octanol–water partition coefficient (Wildman–Crippen LogP) is 4.43. The normalized spacial score (nSPS) is 14.3. The second-order valence-electron chi connectivity index (χ2n) is 5.94. The van der Waals surface area contributed by atoms with Gasteiger partial charge >= 0.3 is 0 Å². The molecule has 2 aromatic rings. The molecule has 0 spiro atoms. The van der Waals surface area contributed by atoms with Gasteiger partial charge in [-0.25, -0.2) is 8.78 Å². The van der Waals surface area contributed by atoms with Gasteiger partial charge in [0.2, 0.25) is 0 Å². The fourth-order valence-electron chi connectivity index (χ4n) is 2.67. The number of aryl methyl sites for hydroxylation is 1. The van der Waals surface area contributed by atoms with Crippen molar-refractivity contribution < 1.29 is 8.78 Å². The van der Waals surface area contributed by atoms with Crippen LogP contribution in [0, 0.1) is 18.6 Å². The van der Waals surface area contributed by atoms with Crippen LogP contribution in [0.25, 0.3) is 18.2 Å². The Morgan fingerprint density at radius 2 is 1.62 bits per heavy atom.